The van der Waals surface area contributed by atoms with Gasteiger partial charge in [0.1, 0.15) is 6.10 Å². The third kappa shape index (κ3) is 3.01. The molecule has 21 heavy (non-hydrogen) atoms. The van der Waals surface area contributed by atoms with Crippen LogP contribution in [0.1, 0.15) is 39.9 Å². The molecule has 1 N–H and O–H groups in total. The number of imidazole rings is 1. The van der Waals surface area contributed by atoms with Crippen LogP contribution in [0.15, 0.2) is 24.0 Å². The molecule has 3 rings (SSSR count). The first kappa shape index (κ1) is 14.3. The zero-order valence-electron chi connectivity index (χ0n) is 12.2. The Labute approximate surface area is 128 Å². The summed E-state index contributed by atoms with van der Waals surface area (Å²) < 4.78 is 7.79. The predicted octanol–water partition coefficient (Wildman–Crippen LogP) is 2.44. The smallest absolute Gasteiger partial charge is 0.261 e. The zero-order chi connectivity index (χ0) is 14.8. The van der Waals surface area contributed by atoms with Crippen LogP contribution >= 0.6 is 11.3 Å². The van der Waals surface area contributed by atoms with Gasteiger partial charge in [-0.25, -0.2) is 4.98 Å². The third-order valence-electron chi connectivity index (χ3n) is 3.87. The standard InChI is InChI=1S/C15H19N3O2S/c1-10-4-6-21-14(10)15(19)17-11-3-5-20-13(7-11)12-8-16-9-18(12)2/h4,6,8-9,11,13H,3,5,7H2,1-2H3,(H,17,19)/t11-,13+/m0/s1. The molecular formula is C15H19N3O2S. The number of carbonyl (C=O) groups excluding carboxylic acids is 1. The van der Waals surface area contributed by atoms with E-state index in [0.29, 0.717) is 6.61 Å². The average Bonchev–Trinajstić information content (AvgIpc) is 3.07. The van der Waals surface area contributed by atoms with E-state index in [1.54, 1.807) is 6.33 Å². The molecule has 6 heteroatoms. The number of ether oxygens (including phenoxy) is 1. The van der Waals surface area contributed by atoms with Crippen molar-refractivity contribution < 1.29 is 9.53 Å². The maximum Gasteiger partial charge on any atom is 0.261 e. The summed E-state index contributed by atoms with van der Waals surface area (Å²) in [6, 6.07) is 2.12. The van der Waals surface area contributed by atoms with Gasteiger partial charge in [-0.1, -0.05) is 0 Å². The summed E-state index contributed by atoms with van der Waals surface area (Å²) in [5, 5.41) is 5.09. The normalized spacial score (nSPS) is 22.2. The molecule has 1 aliphatic rings. The van der Waals surface area contributed by atoms with E-state index in [1.165, 1.54) is 11.3 Å². The van der Waals surface area contributed by atoms with Gasteiger partial charge in [0.05, 0.1) is 23.1 Å². The Balaban J connectivity index is 1.66. The van der Waals surface area contributed by atoms with Crippen LogP contribution < -0.4 is 5.32 Å². The number of nitrogens with zero attached hydrogens (tertiary/aromatic N) is 2. The summed E-state index contributed by atoms with van der Waals surface area (Å²) in [6.45, 7) is 2.62. The van der Waals surface area contributed by atoms with Crippen LogP contribution in [-0.4, -0.2) is 28.1 Å². The van der Waals surface area contributed by atoms with Crippen molar-refractivity contribution in [3.05, 3.63) is 40.1 Å². The van der Waals surface area contributed by atoms with Crippen LogP contribution in [0.25, 0.3) is 0 Å². The minimum Gasteiger partial charge on any atom is -0.372 e. The highest BCUT2D eigenvalue weighted by Gasteiger charge is 2.27. The van der Waals surface area contributed by atoms with Gasteiger partial charge in [0, 0.05) is 19.7 Å². The van der Waals surface area contributed by atoms with Crippen LogP contribution in [-0.2, 0) is 11.8 Å². The van der Waals surface area contributed by atoms with Gasteiger partial charge < -0.3 is 14.6 Å². The molecule has 0 aromatic carbocycles. The summed E-state index contributed by atoms with van der Waals surface area (Å²) in [7, 11) is 1.96. The lowest BCUT2D eigenvalue weighted by Gasteiger charge is -2.30. The molecule has 5 nitrogen and oxygen atoms in total. The molecule has 2 atom stereocenters. The Morgan fingerprint density at radius 3 is 3.10 bits per heavy atom. The summed E-state index contributed by atoms with van der Waals surface area (Å²) in [5.74, 6) is 0.0261. The van der Waals surface area contributed by atoms with Crippen molar-refractivity contribution in [3.8, 4) is 0 Å². The maximum absolute atomic E-state index is 12.3. The fraction of sp³-hybridized carbons (Fsp3) is 0.467. The number of hydrogen-bond acceptors (Lipinski definition) is 4. The number of rotatable bonds is 3. The minimum atomic E-state index is 0.000910. The highest BCUT2D eigenvalue weighted by atomic mass is 32.1. The molecule has 1 saturated heterocycles. The second-order valence-electron chi connectivity index (χ2n) is 5.42. The number of carbonyl (C=O) groups is 1. The Bertz CT molecular complexity index is 634. The van der Waals surface area contributed by atoms with Crippen molar-refractivity contribution in [3.63, 3.8) is 0 Å². The van der Waals surface area contributed by atoms with Gasteiger partial charge in [0.15, 0.2) is 0 Å². The fourth-order valence-corrected chi connectivity index (χ4v) is 3.50. The second kappa shape index (κ2) is 5.99. The molecule has 3 heterocycles. The summed E-state index contributed by atoms with van der Waals surface area (Å²) in [4.78, 5) is 17.2. The van der Waals surface area contributed by atoms with E-state index in [1.807, 2.05) is 36.2 Å². The molecule has 0 unspecified atom stereocenters. The molecule has 0 saturated carbocycles. The van der Waals surface area contributed by atoms with Crippen molar-refractivity contribution in [2.75, 3.05) is 6.61 Å². The van der Waals surface area contributed by atoms with Crippen molar-refractivity contribution >= 4 is 17.2 Å². The fourth-order valence-electron chi connectivity index (χ4n) is 2.67. The van der Waals surface area contributed by atoms with Crippen LogP contribution in [0.4, 0.5) is 0 Å². The van der Waals surface area contributed by atoms with Gasteiger partial charge in [-0.3, -0.25) is 4.79 Å². The lowest BCUT2D eigenvalue weighted by Crippen LogP contribution is -2.40. The quantitative estimate of drug-likeness (QED) is 0.947. The van der Waals surface area contributed by atoms with Gasteiger partial charge in [0.2, 0.25) is 0 Å². The molecular weight excluding hydrogens is 286 g/mol. The average molecular weight is 305 g/mol. The molecule has 0 radical (unpaired) electrons. The van der Waals surface area contributed by atoms with Crippen molar-refractivity contribution in [1.29, 1.82) is 0 Å². The molecule has 2 aromatic heterocycles. The number of thiophene rings is 1. The monoisotopic (exact) mass is 305 g/mol. The van der Waals surface area contributed by atoms with Crippen LogP contribution in [0.5, 0.6) is 0 Å². The van der Waals surface area contributed by atoms with Crippen molar-refractivity contribution in [2.45, 2.75) is 31.9 Å². The van der Waals surface area contributed by atoms with Crippen LogP contribution in [0.3, 0.4) is 0 Å². The first-order chi connectivity index (χ1) is 10.1. The van der Waals surface area contributed by atoms with Gasteiger partial charge in [-0.15, -0.1) is 11.3 Å². The van der Waals surface area contributed by atoms with E-state index in [0.717, 1.165) is 29.0 Å². The molecule has 1 amide bonds. The number of nitrogens with one attached hydrogen (secondary N) is 1. The predicted molar refractivity (Wildman–Crippen MR) is 81.4 cm³/mol. The molecule has 1 aliphatic heterocycles. The summed E-state index contributed by atoms with van der Waals surface area (Å²) in [5.41, 5.74) is 2.09. The lowest BCUT2D eigenvalue weighted by molar-refractivity contribution is -0.00299. The first-order valence-electron chi connectivity index (χ1n) is 7.08. The molecule has 1 fully saturated rings. The Hall–Kier alpha value is -1.66. The van der Waals surface area contributed by atoms with E-state index in [4.69, 9.17) is 4.74 Å². The van der Waals surface area contributed by atoms with Gasteiger partial charge >= 0.3 is 0 Å². The highest BCUT2D eigenvalue weighted by molar-refractivity contribution is 7.12. The summed E-state index contributed by atoms with van der Waals surface area (Å²) >= 11 is 1.49. The molecule has 0 aliphatic carbocycles. The Kier molecular flexibility index (Phi) is 4.07. The van der Waals surface area contributed by atoms with Gasteiger partial charge in [-0.05, 0) is 36.8 Å². The van der Waals surface area contributed by atoms with Crippen LogP contribution in [0, 0.1) is 6.92 Å². The highest BCUT2D eigenvalue weighted by Crippen LogP contribution is 2.28. The topological polar surface area (TPSA) is 56.1 Å². The Morgan fingerprint density at radius 1 is 1.57 bits per heavy atom. The van der Waals surface area contributed by atoms with E-state index in [-0.39, 0.29) is 18.1 Å². The van der Waals surface area contributed by atoms with E-state index in [2.05, 4.69) is 10.3 Å². The van der Waals surface area contributed by atoms with Crippen LogP contribution in [0.2, 0.25) is 0 Å². The SMILES string of the molecule is Cc1ccsc1C(=O)N[C@H]1CCO[C@@H](c2cncn2C)C1. The van der Waals surface area contributed by atoms with Crippen molar-refractivity contribution in [1.82, 2.24) is 14.9 Å². The molecule has 0 bridgehead atoms. The zero-order valence-corrected chi connectivity index (χ0v) is 13.0. The largest absolute Gasteiger partial charge is 0.372 e. The van der Waals surface area contributed by atoms with Gasteiger partial charge in [-0.2, -0.15) is 0 Å². The minimum absolute atomic E-state index is 0.000910. The third-order valence-corrected chi connectivity index (χ3v) is 4.89. The van der Waals surface area contributed by atoms with Crippen molar-refractivity contribution in [2.24, 2.45) is 7.05 Å². The summed E-state index contributed by atoms with van der Waals surface area (Å²) in [6.07, 6.45) is 5.25. The van der Waals surface area contributed by atoms with E-state index >= 15 is 0 Å². The number of aromatic nitrogens is 2. The van der Waals surface area contributed by atoms with Gasteiger partial charge in [0.25, 0.3) is 5.91 Å². The van der Waals surface area contributed by atoms with E-state index in [9.17, 15) is 4.79 Å². The molecule has 2 aromatic rings. The molecule has 0 spiro atoms. The second-order valence-corrected chi connectivity index (χ2v) is 6.33. The van der Waals surface area contributed by atoms with E-state index < -0.39 is 0 Å². The Morgan fingerprint density at radius 2 is 2.43 bits per heavy atom. The first-order valence-corrected chi connectivity index (χ1v) is 7.96. The number of aryl methyl sites for hydroxylation is 2. The lowest BCUT2D eigenvalue weighted by atomic mass is 10.0. The number of hydrogen-bond donors (Lipinski definition) is 1. The molecule has 112 valence electrons. The maximum atomic E-state index is 12.3. The number of amides is 1.